The van der Waals surface area contributed by atoms with Gasteiger partial charge >= 0.3 is 0 Å². The highest BCUT2D eigenvalue weighted by atomic mass is 16.1. The maximum atomic E-state index is 12.9. The molecule has 162 valence electrons. The highest BCUT2D eigenvalue weighted by Crippen LogP contribution is 2.24. The van der Waals surface area contributed by atoms with Crippen molar-refractivity contribution in [1.82, 2.24) is 34.9 Å². The molecule has 2 atom stereocenters. The molecule has 4 heterocycles. The van der Waals surface area contributed by atoms with E-state index in [1.165, 1.54) is 0 Å². The van der Waals surface area contributed by atoms with Crippen molar-refractivity contribution in [2.75, 3.05) is 10.6 Å². The number of hydrogen-bond donors (Lipinski definition) is 3. The zero-order valence-electron chi connectivity index (χ0n) is 17.6. The maximum absolute atomic E-state index is 12.9. The van der Waals surface area contributed by atoms with Gasteiger partial charge in [0, 0.05) is 30.0 Å². The highest BCUT2D eigenvalue weighted by molar-refractivity contribution is 5.60. The summed E-state index contributed by atoms with van der Waals surface area (Å²) in [5.41, 5.74) is 2.73. The van der Waals surface area contributed by atoms with Crippen molar-refractivity contribution >= 4 is 11.8 Å². The Bertz CT molecular complexity index is 1230. The zero-order chi connectivity index (χ0) is 21.9. The Hall–Kier alpha value is -4.08. The minimum atomic E-state index is -0.117. The molecule has 1 fully saturated rings. The molecular formula is C22H23N9O. The summed E-state index contributed by atoms with van der Waals surface area (Å²) in [6, 6.07) is 8.02. The van der Waals surface area contributed by atoms with E-state index in [-0.39, 0.29) is 5.56 Å². The smallest absolute Gasteiger partial charge is 0.263 e. The molecule has 0 spiro atoms. The first-order chi connectivity index (χ1) is 15.7. The second kappa shape index (κ2) is 8.58. The average molecular weight is 429 g/mol. The van der Waals surface area contributed by atoms with Gasteiger partial charge < -0.3 is 10.6 Å². The van der Waals surface area contributed by atoms with Gasteiger partial charge in [-0.3, -0.25) is 14.5 Å². The fraction of sp³-hybridized carbons (Fsp3) is 0.273. The molecule has 0 aliphatic heterocycles. The summed E-state index contributed by atoms with van der Waals surface area (Å²) in [6.45, 7) is 1.87. The molecule has 0 bridgehead atoms. The second-order valence-electron chi connectivity index (χ2n) is 7.90. The van der Waals surface area contributed by atoms with Crippen molar-refractivity contribution in [3.05, 3.63) is 71.3 Å². The van der Waals surface area contributed by atoms with Crippen molar-refractivity contribution < 1.29 is 0 Å². The normalized spacial score (nSPS) is 17.9. The van der Waals surface area contributed by atoms with E-state index >= 15 is 0 Å². The molecule has 10 nitrogen and oxygen atoms in total. The fourth-order valence-corrected chi connectivity index (χ4v) is 3.96. The van der Waals surface area contributed by atoms with Gasteiger partial charge in [0.15, 0.2) is 0 Å². The molecule has 10 heteroatoms. The van der Waals surface area contributed by atoms with E-state index < -0.39 is 0 Å². The monoisotopic (exact) mass is 429 g/mol. The van der Waals surface area contributed by atoms with Gasteiger partial charge in [-0.05, 0) is 50.5 Å². The number of aryl methyl sites for hydroxylation is 1. The Morgan fingerprint density at radius 2 is 1.91 bits per heavy atom. The molecule has 0 unspecified atom stereocenters. The van der Waals surface area contributed by atoms with Crippen molar-refractivity contribution in [2.45, 2.75) is 38.3 Å². The quantitative estimate of drug-likeness (QED) is 0.427. The van der Waals surface area contributed by atoms with Crippen LogP contribution in [-0.2, 0) is 0 Å². The number of rotatable bonds is 6. The number of nitrogens with zero attached hydrogens (tertiary/aromatic N) is 6. The van der Waals surface area contributed by atoms with Crippen LogP contribution in [0.5, 0.6) is 0 Å². The molecule has 32 heavy (non-hydrogen) atoms. The van der Waals surface area contributed by atoms with Gasteiger partial charge in [-0.25, -0.2) is 9.97 Å². The number of anilines is 2. The summed E-state index contributed by atoms with van der Waals surface area (Å²) in [7, 11) is 0. The number of aromatic amines is 1. The minimum absolute atomic E-state index is 0.117. The van der Waals surface area contributed by atoms with E-state index in [0.29, 0.717) is 29.3 Å². The third-order valence-corrected chi connectivity index (χ3v) is 5.58. The van der Waals surface area contributed by atoms with Crippen LogP contribution in [0.4, 0.5) is 11.8 Å². The molecule has 1 aliphatic rings. The summed E-state index contributed by atoms with van der Waals surface area (Å²) < 4.78 is 1.59. The largest absolute Gasteiger partial charge is 0.367 e. The van der Waals surface area contributed by atoms with Gasteiger partial charge in [0.25, 0.3) is 5.56 Å². The predicted molar refractivity (Wildman–Crippen MR) is 121 cm³/mol. The number of nitrogens with one attached hydrogen (secondary N) is 3. The van der Waals surface area contributed by atoms with E-state index in [0.717, 1.165) is 36.3 Å². The molecule has 0 amide bonds. The first-order valence-electron chi connectivity index (χ1n) is 10.5. The Morgan fingerprint density at radius 3 is 2.62 bits per heavy atom. The van der Waals surface area contributed by atoms with Crippen LogP contribution in [-0.4, -0.2) is 47.0 Å². The molecule has 3 N–H and O–H groups in total. The summed E-state index contributed by atoms with van der Waals surface area (Å²) in [5.74, 6) is 1.35. The molecule has 5 rings (SSSR count). The van der Waals surface area contributed by atoms with Crippen molar-refractivity contribution in [2.24, 2.45) is 0 Å². The summed E-state index contributed by atoms with van der Waals surface area (Å²) in [5, 5.41) is 21.6. The van der Waals surface area contributed by atoms with Crippen LogP contribution in [0.15, 0.2) is 60.0 Å². The van der Waals surface area contributed by atoms with Crippen LogP contribution >= 0.6 is 0 Å². The zero-order valence-corrected chi connectivity index (χ0v) is 17.6. The standard InChI is InChI=1S/C22H23N9O/c1-14-10-24-22(30-29-14)28-17-5-4-16(9-17)27-20-7-6-18(13-23-20)31-8-2-3-19(21(31)32)15-11-25-26-12-15/h2-3,6-8,10-13,16-17H,4-5,9H2,1H3,(H,23,27)(H,25,26)(H,24,28,30)/t16-,17-/m0/s1. The van der Waals surface area contributed by atoms with Crippen molar-refractivity contribution in [3.63, 3.8) is 0 Å². The molecule has 4 aromatic rings. The van der Waals surface area contributed by atoms with Gasteiger partial charge in [0.05, 0.1) is 35.5 Å². The molecule has 1 saturated carbocycles. The Kier molecular flexibility index (Phi) is 5.32. The Morgan fingerprint density at radius 1 is 1.03 bits per heavy atom. The van der Waals surface area contributed by atoms with Crippen LogP contribution in [0.1, 0.15) is 25.0 Å². The lowest BCUT2D eigenvalue weighted by Crippen LogP contribution is -2.22. The van der Waals surface area contributed by atoms with Gasteiger partial charge in [-0.15, -0.1) is 5.10 Å². The number of H-pyrrole nitrogens is 1. The van der Waals surface area contributed by atoms with E-state index in [1.54, 1.807) is 41.6 Å². The van der Waals surface area contributed by atoms with Gasteiger partial charge in [-0.2, -0.15) is 10.2 Å². The maximum Gasteiger partial charge on any atom is 0.263 e. The number of hydrogen-bond acceptors (Lipinski definition) is 8. The van der Waals surface area contributed by atoms with E-state index in [9.17, 15) is 4.79 Å². The summed E-state index contributed by atoms with van der Waals surface area (Å²) in [4.78, 5) is 21.7. The second-order valence-corrected chi connectivity index (χ2v) is 7.90. The Balaban J connectivity index is 1.24. The van der Waals surface area contributed by atoms with Gasteiger partial charge in [-0.1, -0.05) is 0 Å². The number of aromatic nitrogens is 7. The van der Waals surface area contributed by atoms with Crippen LogP contribution in [0.25, 0.3) is 16.8 Å². The fourth-order valence-electron chi connectivity index (χ4n) is 3.96. The lowest BCUT2D eigenvalue weighted by molar-refractivity contribution is 0.712. The molecule has 1 aliphatic carbocycles. The average Bonchev–Trinajstić information content (AvgIpc) is 3.49. The Labute approximate surface area is 184 Å². The first kappa shape index (κ1) is 19.9. The minimum Gasteiger partial charge on any atom is -0.367 e. The van der Waals surface area contributed by atoms with E-state index in [1.807, 2.05) is 25.1 Å². The topological polar surface area (TPSA) is 126 Å². The van der Waals surface area contributed by atoms with Gasteiger partial charge in [0.1, 0.15) is 5.82 Å². The van der Waals surface area contributed by atoms with Crippen molar-refractivity contribution in [3.8, 4) is 16.8 Å². The van der Waals surface area contributed by atoms with Crippen molar-refractivity contribution in [1.29, 1.82) is 0 Å². The third-order valence-electron chi connectivity index (χ3n) is 5.58. The highest BCUT2D eigenvalue weighted by Gasteiger charge is 2.25. The molecule has 4 aromatic heterocycles. The lowest BCUT2D eigenvalue weighted by Gasteiger charge is -2.15. The summed E-state index contributed by atoms with van der Waals surface area (Å²) >= 11 is 0. The van der Waals surface area contributed by atoms with Crippen LogP contribution < -0.4 is 16.2 Å². The third kappa shape index (κ3) is 4.20. The molecular weight excluding hydrogens is 406 g/mol. The molecule has 0 saturated heterocycles. The van der Waals surface area contributed by atoms with Crippen LogP contribution in [0.3, 0.4) is 0 Å². The van der Waals surface area contributed by atoms with Crippen LogP contribution in [0.2, 0.25) is 0 Å². The predicted octanol–water partition coefficient (Wildman–Crippen LogP) is 2.56. The molecule has 0 aromatic carbocycles. The summed E-state index contributed by atoms with van der Waals surface area (Å²) in [6.07, 6.45) is 11.5. The van der Waals surface area contributed by atoms with Crippen LogP contribution in [0, 0.1) is 6.92 Å². The van der Waals surface area contributed by atoms with E-state index in [2.05, 4.69) is 41.0 Å². The van der Waals surface area contributed by atoms with Gasteiger partial charge in [0.2, 0.25) is 5.95 Å². The van der Waals surface area contributed by atoms with E-state index in [4.69, 9.17) is 0 Å². The first-order valence-corrected chi connectivity index (χ1v) is 10.5. The lowest BCUT2D eigenvalue weighted by atomic mass is 10.1. The molecule has 0 radical (unpaired) electrons. The number of pyridine rings is 2. The SMILES string of the molecule is Cc1cnc(N[C@H]2CC[C@H](Nc3ccc(-n4cccc(-c5cn[nH]c5)c4=O)cn3)C2)nn1.